The van der Waals surface area contributed by atoms with Crippen molar-refractivity contribution in [3.05, 3.63) is 101 Å². The maximum absolute atomic E-state index is 15.0. The van der Waals surface area contributed by atoms with E-state index in [0.29, 0.717) is 0 Å². The van der Waals surface area contributed by atoms with Crippen LogP contribution in [-0.4, -0.2) is 0 Å². The lowest BCUT2D eigenvalue weighted by Gasteiger charge is -2.23. The molecule has 4 aromatic rings. The molecule has 0 saturated carbocycles. The smallest absolute Gasteiger partial charge is 0.171 e. The summed E-state index contributed by atoms with van der Waals surface area (Å²) >= 11 is 0. The summed E-state index contributed by atoms with van der Waals surface area (Å²) in [6, 6.07) is 27.0. The molecule has 0 bridgehead atoms. The lowest BCUT2D eigenvalue weighted by Crippen LogP contribution is -2.26. The van der Waals surface area contributed by atoms with Crippen LogP contribution in [0.15, 0.2) is 78.9 Å². The fourth-order valence-corrected chi connectivity index (χ4v) is 7.41. The third-order valence-corrected chi connectivity index (χ3v) is 8.29. The average Bonchev–Trinajstić information content (AvgIpc) is 2.65. The molecule has 0 heterocycles. The molecule has 0 saturated heterocycles. The second-order valence-electron chi connectivity index (χ2n) is 7.80. The highest BCUT2D eigenvalue weighted by atomic mass is 31.2. The van der Waals surface area contributed by atoms with Gasteiger partial charge in [0, 0.05) is 15.9 Å². The summed E-state index contributed by atoms with van der Waals surface area (Å²) in [7, 11) is -3.03. The molecule has 0 aromatic heterocycles. The van der Waals surface area contributed by atoms with E-state index in [2.05, 4.69) is 82.3 Å². The standard InChI is InChI=1S/C26H25OP/c1-18-12-19(2)15-23(14-18)28(27,24-16-20(3)13-21(4)17-24)26-11-7-9-22-8-5-6-10-25(22)26/h5-17H,1-4H3. The minimum atomic E-state index is -3.03. The lowest BCUT2D eigenvalue weighted by atomic mass is 10.1. The molecular formula is C26H25OP. The van der Waals surface area contributed by atoms with Crippen molar-refractivity contribution in [2.24, 2.45) is 0 Å². The number of aryl methyl sites for hydroxylation is 4. The van der Waals surface area contributed by atoms with Crippen LogP contribution in [-0.2, 0) is 4.57 Å². The van der Waals surface area contributed by atoms with Crippen LogP contribution in [0.25, 0.3) is 10.8 Å². The number of rotatable bonds is 3. The van der Waals surface area contributed by atoms with E-state index in [9.17, 15) is 0 Å². The highest BCUT2D eigenvalue weighted by molar-refractivity contribution is 7.85. The Bertz CT molecular complexity index is 1140. The van der Waals surface area contributed by atoms with Gasteiger partial charge in [-0.3, -0.25) is 0 Å². The van der Waals surface area contributed by atoms with Gasteiger partial charge in [-0.25, -0.2) is 0 Å². The Morgan fingerprint density at radius 1 is 0.571 bits per heavy atom. The van der Waals surface area contributed by atoms with Gasteiger partial charge in [0.2, 0.25) is 0 Å². The topological polar surface area (TPSA) is 17.1 Å². The highest BCUT2D eigenvalue weighted by Crippen LogP contribution is 2.45. The molecule has 140 valence electrons. The van der Waals surface area contributed by atoms with Gasteiger partial charge in [-0.05, 0) is 62.7 Å². The molecule has 4 aromatic carbocycles. The van der Waals surface area contributed by atoms with Crippen LogP contribution in [0.2, 0.25) is 0 Å². The average molecular weight is 384 g/mol. The molecule has 28 heavy (non-hydrogen) atoms. The number of hydrogen-bond donors (Lipinski definition) is 0. The zero-order chi connectivity index (χ0) is 19.9. The number of hydrogen-bond acceptors (Lipinski definition) is 1. The molecule has 0 aliphatic carbocycles. The Morgan fingerprint density at radius 2 is 1.04 bits per heavy atom. The van der Waals surface area contributed by atoms with Gasteiger partial charge in [0.1, 0.15) is 0 Å². The van der Waals surface area contributed by atoms with Crippen molar-refractivity contribution in [2.45, 2.75) is 27.7 Å². The quantitative estimate of drug-likeness (QED) is 0.413. The van der Waals surface area contributed by atoms with Crippen LogP contribution in [0.1, 0.15) is 22.3 Å². The van der Waals surface area contributed by atoms with Gasteiger partial charge in [-0.2, -0.15) is 0 Å². The Balaban J connectivity index is 2.14. The third kappa shape index (κ3) is 3.21. The molecule has 0 aliphatic heterocycles. The predicted molar refractivity (Wildman–Crippen MR) is 122 cm³/mol. The molecule has 0 radical (unpaired) electrons. The van der Waals surface area contributed by atoms with Crippen LogP contribution in [0.4, 0.5) is 0 Å². The number of benzene rings is 4. The van der Waals surface area contributed by atoms with Crippen molar-refractivity contribution >= 4 is 33.8 Å². The van der Waals surface area contributed by atoms with Crippen molar-refractivity contribution in [1.29, 1.82) is 0 Å². The molecule has 0 unspecified atom stereocenters. The lowest BCUT2D eigenvalue weighted by molar-refractivity contribution is 0.592. The van der Waals surface area contributed by atoms with Crippen molar-refractivity contribution in [2.75, 3.05) is 0 Å². The molecule has 0 fully saturated rings. The van der Waals surface area contributed by atoms with E-state index in [1.807, 2.05) is 24.3 Å². The van der Waals surface area contributed by atoms with Crippen LogP contribution >= 0.6 is 7.14 Å². The Labute approximate surface area is 167 Å². The van der Waals surface area contributed by atoms with Gasteiger partial charge in [0.05, 0.1) is 0 Å². The molecule has 1 nitrogen and oxygen atoms in total. The summed E-state index contributed by atoms with van der Waals surface area (Å²) in [5.74, 6) is 0. The van der Waals surface area contributed by atoms with Crippen molar-refractivity contribution in [3.63, 3.8) is 0 Å². The van der Waals surface area contributed by atoms with E-state index in [4.69, 9.17) is 0 Å². The van der Waals surface area contributed by atoms with Gasteiger partial charge >= 0.3 is 0 Å². The molecular weight excluding hydrogens is 359 g/mol. The summed E-state index contributed by atoms with van der Waals surface area (Å²) in [6.07, 6.45) is 0. The third-order valence-electron chi connectivity index (χ3n) is 5.25. The van der Waals surface area contributed by atoms with Crippen LogP contribution in [0.3, 0.4) is 0 Å². The first-order valence-electron chi connectivity index (χ1n) is 9.64. The first-order valence-corrected chi connectivity index (χ1v) is 11.3. The van der Waals surface area contributed by atoms with Gasteiger partial charge in [0.15, 0.2) is 7.14 Å². The van der Waals surface area contributed by atoms with Crippen molar-refractivity contribution in [3.8, 4) is 0 Å². The molecule has 0 atom stereocenters. The predicted octanol–water partition coefficient (Wildman–Crippen LogP) is 5.71. The van der Waals surface area contributed by atoms with Crippen LogP contribution in [0, 0.1) is 27.7 Å². The van der Waals surface area contributed by atoms with E-state index in [0.717, 1.165) is 48.9 Å². The monoisotopic (exact) mass is 384 g/mol. The summed E-state index contributed by atoms with van der Waals surface area (Å²) < 4.78 is 15.0. The second-order valence-corrected chi connectivity index (χ2v) is 10.5. The fraction of sp³-hybridized carbons (Fsp3) is 0.154. The van der Waals surface area contributed by atoms with Crippen molar-refractivity contribution in [1.82, 2.24) is 0 Å². The fourth-order valence-electron chi connectivity index (χ4n) is 4.18. The molecule has 2 heteroatoms. The van der Waals surface area contributed by atoms with Gasteiger partial charge in [-0.1, -0.05) is 76.9 Å². The highest BCUT2D eigenvalue weighted by Gasteiger charge is 2.32. The van der Waals surface area contributed by atoms with E-state index >= 15 is 4.57 Å². The zero-order valence-corrected chi connectivity index (χ0v) is 17.8. The summed E-state index contributed by atoms with van der Waals surface area (Å²) in [6.45, 7) is 8.30. The minimum Gasteiger partial charge on any atom is -0.309 e. The molecule has 0 amide bonds. The van der Waals surface area contributed by atoms with Gasteiger partial charge in [0.25, 0.3) is 0 Å². The Kier molecular flexibility index (Phi) is 4.73. The molecule has 4 rings (SSSR count). The summed E-state index contributed by atoms with van der Waals surface area (Å²) in [5, 5.41) is 4.92. The number of fused-ring (bicyclic) bond motifs is 1. The SMILES string of the molecule is Cc1cc(C)cc(P(=O)(c2cc(C)cc(C)c2)c2cccc3ccccc23)c1. The van der Waals surface area contributed by atoms with E-state index in [1.54, 1.807) is 0 Å². The second kappa shape index (κ2) is 7.08. The molecule has 0 N–H and O–H groups in total. The largest absolute Gasteiger partial charge is 0.309 e. The first-order chi connectivity index (χ1) is 13.4. The van der Waals surface area contributed by atoms with E-state index in [1.165, 1.54) is 0 Å². The normalized spacial score (nSPS) is 11.7. The van der Waals surface area contributed by atoms with Gasteiger partial charge in [-0.15, -0.1) is 0 Å². The summed E-state index contributed by atoms with van der Waals surface area (Å²) in [4.78, 5) is 0. The Morgan fingerprint density at radius 3 is 1.57 bits per heavy atom. The maximum Gasteiger partial charge on any atom is 0.171 e. The minimum absolute atomic E-state index is 0.909. The van der Waals surface area contributed by atoms with Crippen LogP contribution in [0.5, 0.6) is 0 Å². The van der Waals surface area contributed by atoms with E-state index in [-0.39, 0.29) is 0 Å². The molecule has 0 aliphatic rings. The van der Waals surface area contributed by atoms with Gasteiger partial charge < -0.3 is 4.57 Å². The first kappa shape index (κ1) is 18.7. The van der Waals surface area contributed by atoms with Crippen molar-refractivity contribution < 1.29 is 4.57 Å². The Hall–Kier alpha value is -2.63. The van der Waals surface area contributed by atoms with E-state index < -0.39 is 7.14 Å². The summed E-state index contributed by atoms with van der Waals surface area (Å²) in [5.41, 5.74) is 4.55. The zero-order valence-electron chi connectivity index (χ0n) is 16.9. The maximum atomic E-state index is 15.0. The molecule has 0 spiro atoms. The van der Waals surface area contributed by atoms with Crippen LogP contribution < -0.4 is 15.9 Å².